The van der Waals surface area contributed by atoms with Crippen molar-refractivity contribution in [2.45, 2.75) is 25.7 Å². The number of anilines is 1. The normalized spacial score (nSPS) is 14.3. The molecule has 0 bridgehead atoms. The monoisotopic (exact) mass is 511 g/mol. The standard InChI is InChI=1S/C26H25N9O3/c1-15-31-32-25(38-15)26(37)34-9-6-16(7-10-34)22-20(14-36)23(27)35-24(30-22)19(12-29-35)17-3-4-21(28-11-17)18-5-8-33(2)13-18/h3-5,8,11-14,16H,6-7,9-10,27H2,1-2H3. The first-order valence-corrected chi connectivity index (χ1v) is 12.2. The van der Waals surface area contributed by atoms with Crippen molar-refractivity contribution in [3.63, 3.8) is 0 Å². The molecule has 2 N–H and O–H groups in total. The van der Waals surface area contributed by atoms with Gasteiger partial charge < -0.3 is 19.6 Å². The fourth-order valence-corrected chi connectivity index (χ4v) is 4.93. The predicted molar refractivity (Wildman–Crippen MR) is 137 cm³/mol. The third-order valence-electron chi connectivity index (χ3n) is 6.95. The summed E-state index contributed by atoms with van der Waals surface area (Å²) in [6.07, 6.45) is 9.40. The molecule has 0 unspecified atom stereocenters. The minimum atomic E-state index is -0.299. The first-order chi connectivity index (χ1) is 18.4. The summed E-state index contributed by atoms with van der Waals surface area (Å²) in [6, 6.07) is 5.94. The summed E-state index contributed by atoms with van der Waals surface area (Å²) in [6.45, 7) is 2.57. The van der Waals surface area contributed by atoms with Crippen LogP contribution in [0.3, 0.4) is 0 Å². The van der Waals surface area contributed by atoms with E-state index in [1.165, 1.54) is 4.52 Å². The summed E-state index contributed by atoms with van der Waals surface area (Å²) in [4.78, 5) is 36.0. The van der Waals surface area contributed by atoms with Gasteiger partial charge in [0.05, 0.1) is 23.1 Å². The van der Waals surface area contributed by atoms with Crippen molar-refractivity contribution in [1.82, 2.24) is 39.2 Å². The summed E-state index contributed by atoms with van der Waals surface area (Å²) < 4.78 is 8.75. The van der Waals surface area contributed by atoms with Gasteiger partial charge in [-0.05, 0) is 25.0 Å². The highest BCUT2D eigenvalue weighted by molar-refractivity contribution is 5.90. The van der Waals surface area contributed by atoms with E-state index < -0.39 is 0 Å². The molecule has 0 aromatic carbocycles. The Hall–Kier alpha value is -4.87. The van der Waals surface area contributed by atoms with Crippen LogP contribution in [0.25, 0.3) is 28.0 Å². The van der Waals surface area contributed by atoms with Crippen LogP contribution in [0.5, 0.6) is 0 Å². The minimum Gasteiger partial charge on any atom is -0.417 e. The number of aldehydes is 1. The third-order valence-corrected chi connectivity index (χ3v) is 6.95. The molecule has 0 aliphatic carbocycles. The number of rotatable bonds is 5. The average Bonchev–Trinajstić information content (AvgIpc) is 3.68. The van der Waals surface area contributed by atoms with Crippen molar-refractivity contribution in [1.29, 1.82) is 0 Å². The molecule has 0 spiro atoms. The molecular formula is C26H25N9O3. The number of carbonyl (C=O) groups excluding carboxylic acids is 2. The molecule has 0 radical (unpaired) electrons. The SMILES string of the molecule is Cc1nnc(C(=O)N2CCC(c3nc4c(-c5ccc(-c6ccn(C)c6)nc5)cnn4c(N)c3C=O)CC2)o1. The Morgan fingerprint density at radius 1 is 1.13 bits per heavy atom. The minimum absolute atomic E-state index is 0.0193. The molecule has 1 amide bonds. The zero-order valence-corrected chi connectivity index (χ0v) is 20.9. The molecular weight excluding hydrogens is 486 g/mol. The van der Waals surface area contributed by atoms with E-state index in [-0.39, 0.29) is 23.5 Å². The highest BCUT2D eigenvalue weighted by atomic mass is 16.4. The first-order valence-electron chi connectivity index (χ1n) is 12.2. The lowest BCUT2D eigenvalue weighted by Gasteiger charge is -2.31. The van der Waals surface area contributed by atoms with Gasteiger partial charge in [0.1, 0.15) is 5.82 Å². The Morgan fingerprint density at radius 2 is 1.95 bits per heavy atom. The average molecular weight is 512 g/mol. The maximum absolute atomic E-state index is 12.7. The van der Waals surface area contributed by atoms with Gasteiger partial charge in [0.25, 0.3) is 0 Å². The van der Waals surface area contributed by atoms with Crippen molar-refractivity contribution < 1.29 is 14.0 Å². The first kappa shape index (κ1) is 23.5. The second-order valence-electron chi connectivity index (χ2n) is 9.40. The number of nitrogen functional groups attached to an aromatic ring is 1. The molecule has 5 aromatic heterocycles. The smallest absolute Gasteiger partial charge is 0.311 e. The van der Waals surface area contributed by atoms with Gasteiger partial charge in [-0.1, -0.05) is 6.07 Å². The molecule has 38 heavy (non-hydrogen) atoms. The molecule has 6 rings (SSSR count). The summed E-state index contributed by atoms with van der Waals surface area (Å²) in [5.74, 6) is 0.201. The lowest BCUT2D eigenvalue weighted by atomic mass is 9.90. The molecule has 12 heteroatoms. The van der Waals surface area contributed by atoms with Crippen molar-refractivity contribution in [2.75, 3.05) is 18.8 Å². The lowest BCUT2D eigenvalue weighted by Crippen LogP contribution is -2.38. The summed E-state index contributed by atoms with van der Waals surface area (Å²) in [7, 11) is 1.97. The number of aryl methyl sites for hydroxylation is 2. The largest absolute Gasteiger partial charge is 0.417 e. The number of aromatic nitrogens is 7. The Bertz CT molecular complexity index is 1660. The van der Waals surface area contributed by atoms with E-state index in [9.17, 15) is 9.59 Å². The van der Waals surface area contributed by atoms with Crippen LogP contribution < -0.4 is 5.73 Å². The van der Waals surface area contributed by atoms with E-state index in [1.807, 2.05) is 42.2 Å². The summed E-state index contributed by atoms with van der Waals surface area (Å²) >= 11 is 0. The van der Waals surface area contributed by atoms with E-state index in [0.29, 0.717) is 48.7 Å². The molecule has 0 saturated carbocycles. The van der Waals surface area contributed by atoms with Crippen molar-refractivity contribution in [3.8, 4) is 22.4 Å². The van der Waals surface area contributed by atoms with E-state index in [0.717, 1.165) is 28.7 Å². The fraction of sp³-hybridized carbons (Fsp3) is 0.269. The number of piperidine rings is 1. The van der Waals surface area contributed by atoms with Gasteiger partial charge in [-0.25, -0.2) is 4.98 Å². The Balaban J connectivity index is 1.30. The number of hydrogen-bond acceptors (Lipinski definition) is 9. The van der Waals surface area contributed by atoms with E-state index in [2.05, 4.69) is 20.3 Å². The van der Waals surface area contributed by atoms with Crippen LogP contribution >= 0.6 is 0 Å². The third kappa shape index (κ3) is 3.99. The van der Waals surface area contributed by atoms with Gasteiger partial charge in [0.2, 0.25) is 5.89 Å². The zero-order valence-electron chi connectivity index (χ0n) is 20.9. The highest BCUT2D eigenvalue weighted by Gasteiger charge is 2.30. The number of fused-ring (bicyclic) bond motifs is 1. The van der Waals surface area contributed by atoms with Gasteiger partial charge in [-0.2, -0.15) is 9.61 Å². The van der Waals surface area contributed by atoms with Crippen LogP contribution in [0.1, 0.15) is 51.4 Å². The molecule has 1 aliphatic rings. The topological polar surface area (TPSA) is 150 Å². The molecule has 0 atom stereocenters. The van der Waals surface area contributed by atoms with Crippen LogP contribution in [0.2, 0.25) is 0 Å². The summed E-state index contributed by atoms with van der Waals surface area (Å²) in [5.41, 5.74) is 11.4. The Kier molecular flexibility index (Phi) is 5.70. The van der Waals surface area contributed by atoms with Crippen LogP contribution in [0, 0.1) is 6.92 Å². The number of likely N-dealkylation sites (tertiary alicyclic amines) is 1. The van der Waals surface area contributed by atoms with E-state index >= 15 is 0 Å². The number of carbonyl (C=O) groups is 2. The molecule has 1 fully saturated rings. The number of hydrogen-bond donors (Lipinski definition) is 1. The van der Waals surface area contributed by atoms with Gasteiger partial charge >= 0.3 is 11.8 Å². The number of nitrogens with zero attached hydrogens (tertiary/aromatic N) is 8. The van der Waals surface area contributed by atoms with E-state index in [1.54, 1.807) is 24.2 Å². The van der Waals surface area contributed by atoms with Gasteiger partial charge in [-0.3, -0.25) is 14.6 Å². The molecule has 1 saturated heterocycles. The zero-order chi connectivity index (χ0) is 26.4. The highest BCUT2D eigenvalue weighted by Crippen LogP contribution is 2.34. The summed E-state index contributed by atoms with van der Waals surface area (Å²) in [5, 5.41) is 12.0. The maximum Gasteiger partial charge on any atom is 0.311 e. The number of nitrogens with two attached hydrogens (primary N) is 1. The molecule has 6 heterocycles. The van der Waals surface area contributed by atoms with Gasteiger partial charge in [0.15, 0.2) is 11.9 Å². The van der Waals surface area contributed by atoms with E-state index in [4.69, 9.17) is 15.1 Å². The van der Waals surface area contributed by atoms with Gasteiger partial charge in [-0.15, -0.1) is 10.2 Å². The fourth-order valence-electron chi connectivity index (χ4n) is 4.93. The predicted octanol–water partition coefficient (Wildman–Crippen LogP) is 2.90. The van der Waals surface area contributed by atoms with Gasteiger partial charge in [0, 0.05) is 68.3 Å². The molecule has 5 aromatic rings. The number of pyridine rings is 1. The molecule has 192 valence electrons. The van der Waals surface area contributed by atoms with Crippen molar-refractivity contribution in [3.05, 3.63) is 66.0 Å². The molecule has 1 aliphatic heterocycles. The molecule has 12 nitrogen and oxygen atoms in total. The Morgan fingerprint density at radius 3 is 2.58 bits per heavy atom. The second kappa shape index (κ2) is 9.21. The van der Waals surface area contributed by atoms with Crippen molar-refractivity contribution in [2.24, 2.45) is 7.05 Å². The maximum atomic E-state index is 12.7. The second-order valence-corrected chi connectivity index (χ2v) is 9.40. The van der Waals surface area contributed by atoms with Crippen LogP contribution in [0.4, 0.5) is 5.82 Å². The van der Waals surface area contributed by atoms with Crippen LogP contribution in [0.15, 0.2) is 47.4 Å². The van der Waals surface area contributed by atoms with Crippen LogP contribution in [-0.4, -0.2) is 64.5 Å². The Labute approximate surface area is 217 Å². The number of amides is 1. The quantitative estimate of drug-likeness (QED) is 0.351. The van der Waals surface area contributed by atoms with Crippen LogP contribution in [-0.2, 0) is 7.05 Å². The lowest BCUT2D eigenvalue weighted by molar-refractivity contribution is 0.0669. The van der Waals surface area contributed by atoms with Crippen molar-refractivity contribution >= 4 is 23.7 Å².